The van der Waals surface area contributed by atoms with Gasteiger partial charge in [-0.25, -0.2) is 5.43 Å². The minimum atomic E-state index is -0.511. The molecule has 0 aliphatic rings. The fourth-order valence-corrected chi connectivity index (χ4v) is 2.39. The van der Waals surface area contributed by atoms with E-state index in [0.717, 1.165) is 0 Å². The zero-order chi connectivity index (χ0) is 18.4. The molecule has 2 rings (SSSR count). The van der Waals surface area contributed by atoms with Gasteiger partial charge >= 0.3 is 0 Å². The molecular formula is C16H11Cl4N3O2. The Morgan fingerprint density at radius 3 is 2.48 bits per heavy atom. The standard InChI is InChI=1S/C16H11Cl4N3O2/c17-11-5-4-9(6-13(11)19)16(25)21-8-14(24)23-22-7-10-2-1-3-12(18)15(10)20/h1-7H,8H2,(H,21,25)(H,23,24)/b22-7+. The summed E-state index contributed by atoms with van der Waals surface area (Å²) >= 11 is 23.5. The van der Waals surface area contributed by atoms with E-state index in [1.54, 1.807) is 18.2 Å². The van der Waals surface area contributed by atoms with Crippen molar-refractivity contribution in [3.8, 4) is 0 Å². The number of hydrogen-bond acceptors (Lipinski definition) is 3. The maximum atomic E-state index is 11.9. The highest BCUT2D eigenvalue weighted by atomic mass is 35.5. The Bertz CT molecular complexity index is 840. The Labute approximate surface area is 163 Å². The highest BCUT2D eigenvalue weighted by molar-refractivity contribution is 6.43. The summed E-state index contributed by atoms with van der Waals surface area (Å²) in [6.45, 7) is -0.264. The minimum Gasteiger partial charge on any atom is -0.343 e. The third-order valence-corrected chi connectivity index (χ3v) is 4.54. The van der Waals surface area contributed by atoms with Crippen LogP contribution in [-0.4, -0.2) is 24.6 Å². The van der Waals surface area contributed by atoms with E-state index in [0.29, 0.717) is 20.6 Å². The van der Waals surface area contributed by atoms with Crippen LogP contribution in [0.3, 0.4) is 0 Å². The molecule has 0 heterocycles. The van der Waals surface area contributed by atoms with Gasteiger partial charge in [-0.1, -0.05) is 58.5 Å². The van der Waals surface area contributed by atoms with Crippen molar-refractivity contribution < 1.29 is 9.59 Å². The molecule has 0 bridgehead atoms. The van der Waals surface area contributed by atoms with Crippen LogP contribution >= 0.6 is 46.4 Å². The Kier molecular flexibility index (Phi) is 7.08. The lowest BCUT2D eigenvalue weighted by atomic mass is 10.2. The van der Waals surface area contributed by atoms with Gasteiger partial charge in [-0.05, 0) is 24.3 Å². The first-order valence-electron chi connectivity index (χ1n) is 6.87. The Morgan fingerprint density at radius 1 is 1.00 bits per heavy atom. The molecule has 0 aromatic heterocycles. The lowest BCUT2D eigenvalue weighted by molar-refractivity contribution is -0.120. The largest absolute Gasteiger partial charge is 0.343 e. The lowest BCUT2D eigenvalue weighted by Crippen LogP contribution is -2.34. The molecule has 25 heavy (non-hydrogen) atoms. The number of nitrogens with zero attached hydrogens (tertiary/aromatic N) is 1. The molecule has 0 aliphatic heterocycles. The third-order valence-electron chi connectivity index (χ3n) is 2.97. The number of hydrazone groups is 1. The average molecular weight is 419 g/mol. The molecule has 0 radical (unpaired) electrons. The quantitative estimate of drug-likeness (QED) is 0.564. The molecule has 2 N–H and O–H groups in total. The van der Waals surface area contributed by atoms with Gasteiger partial charge in [0.15, 0.2) is 0 Å². The first-order chi connectivity index (χ1) is 11.9. The van der Waals surface area contributed by atoms with Crippen molar-refractivity contribution in [1.29, 1.82) is 0 Å². The van der Waals surface area contributed by atoms with Crippen LogP contribution in [-0.2, 0) is 4.79 Å². The van der Waals surface area contributed by atoms with E-state index in [1.807, 2.05) is 0 Å². The van der Waals surface area contributed by atoms with Crippen molar-refractivity contribution in [2.45, 2.75) is 0 Å². The molecule has 0 unspecified atom stereocenters. The van der Waals surface area contributed by atoms with Crippen LogP contribution in [0.1, 0.15) is 15.9 Å². The van der Waals surface area contributed by atoms with Gasteiger partial charge in [0, 0.05) is 11.1 Å². The van der Waals surface area contributed by atoms with Crippen LogP contribution < -0.4 is 10.7 Å². The maximum Gasteiger partial charge on any atom is 0.259 e. The van der Waals surface area contributed by atoms with Crippen molar-refractivity contribution in [2.24, 2.45) is 5.10 Å². The van der Waals surface area contributed by atoms with E-state index in [-0.39, 0.29) is 17.1 Å². The Balaban J connectivity index is 1.86. The summed E-state index contributed by atoms with van der Waals surface area (Å²) in [5.74, 6) is -0.974. The smallest absolute Gasteiger partial charge is 0.259 e. The number of hydrogen-bond donors (Lipinski definition) is 2. The summed E-state index contributed by atoms with van der Waals surface area (Å²) < 4.78 is 0. The van der Waals surface area contributed by atoms with Gasteiger partial charge in [-0.15, -0.1) is 0 Å². The summed E-state index contributed by atoms with van der Waals surface area (Å²) in [6, 6.07) is 9.44. The summed E-state index contributed by atoms with van der Waals surface area (Å²) in [6.07, 6.45) is 1.35. The van der Waals surface area contributed by atoms with Crippen LogP contribution in [0.15, 0.2) is 41.5 Å². The first-order valence-corrected chi connectivity index (χ1v) is 8.39. The molecule has 2 aromatic rings. The van der Waals surface area contributed by atoms with Gasteiger partial charge in [-0.2, -0.15) is 5.10 Å². The van der Waals surface area contributed by atoms with Crippen LogP contribution in [0.2, 0.25) is 20.1 Å². The number of carbonyl (C=O) groups is 2. The lowest BCUT2D eigenvalue weighted by Gasteiger charge is -2.05. The molecule has 5 nitrogen and oxygen atoms in total. The summed E-state index contributed by atoms with van der Waals surface area (Å²) in [5, 5.41) is 7.50. The zero-order valence-electron chi connectivity index (χ0n) is 12.5. The van der Waals surface area contributed by atoms with E-state index in [1.165, 1.54) is 24.4 Å². The monoisotopic (exact) mass is 417 g/mol. The average Bonchev–Trinajstić information content (AvgIpc) is 2.59. The molecule has 0 atom stereocenters. The summed E-state index contributed by atoms with van der Waals surface area (Å²) in [5.41, 5.74) is 3.11. The summed E-state index contributed by atoms with van der Waals surface area (Å²) in [4.78, 5) is 23.6. The second kappa shape index (κ2) is 9.06. The van der Waals surface area contributed by atoms with Gasteiger partial charge in [0.1, 0.15) is 0 Å². The van der Waals surface area contributed by atoms with Crippen molar-refractivity contribution >= 4 is 64.4 Å². The SMILES string of the molecule is O=C(CNC(=O)c1ccc(Cl)c(Cl)c1)N/N=C/c1cccc(Cl)c1Cl. The number of amides is 2. The van der Waals surface area contributed by atoms with Crippen LogP contribution in [0.25, 0.3) is 0 Å². The normalized spacial score (nSPS) is 10.7. The number of carbonyl (C=O) groups excluding carboxylic acids is 2. The third kappa shape index (κ3) is 5.61. The molecule has 9 heteroatoms. The molecule has 0 spiro atoms. The van der Waals surface area contributed by atoms with E-state index in [4.69, 9.17) is 46.4 Å². The molecule has 0 fully saturated rings. The minimum absolute atomic E-state index is 0.252. The van der Waals surface area contributed by atoms with Crippen molar-refractivity contribution in [3.63, 3.8) is 0 Å². The molecule has 2 aromatic carbocycles. The van der Waals surface area contributed by atoms with E-state index in [2.05, 4.69) is 15.8 Å². The fraction of sp³-hybridized carbons (Fsp3) is 0.0625. The molecule has 2 amide bonds. The van der Waals surface area contributed by atoms with E-state index in [9.17, 15) is 9.59 Å². The predicted octanol–water partition coefficient (Wildman–Crippen LogP) is 4.18. The Morgan fingerprint density at radius 2 is 1.76 bits per heavy atom. The first kappa shape index (κ1) is 19.5. The number of benzene rings is 2. The second-order valence-electron chi connectivity index (χ2n) is 4.75. The van der Waals surface area contributed by atoms with Crippen LogP contribution in [0.4, 0.5) is 0 Å². The van der Waals surface area contributed by atoms with Gasteiger partial charge in [0.2, 0.25) is 0 Å². The highest BCUT2D eigenvalue weighted by Gasteiger charge is 2.09. The zero-order valence-corrected chi connectivity index (χ0v) is 15.5. The van der Waals surface area contributed by atoms with Crippen molar-refractivity contribution in [1.82, 2.24) is 10.7 Å². The fourth-order valence-electron chi connectivity index (χ4n) is 1.73. The number of rotatable bonds is 5. The van der Waals surface area contributed by atoms with Crippen molar-refractivity contribution in [3.05, 3.63) is 67.6 Å². The van der Waals surface area contributed by atoms with E-state index < -0.39 is 11.8 Å². The maximum absolute atomic E-state index is 11.9. The Hall–Kier alpha value is -1.79. The van der Waals surface area contributed by atoms with Gasteiger partial charge < -0.3 is 5.32 Å². The number of nitrogens with one attached hydrogen (secondary N) is 2. The van der Waals surface area contributed by atoms with Crippen LogP contribution in [0, 0.1) is 0 Å². The molecule has 0 saturated carbocycles. The second-order valence-corrected chi connectivity index (χ2v) is 6.35. The highest BCUT2D eigenvalue weighted by Crippen LogP contribution is 2.24. The van der Waals surface area contributed by atoms with Crippen molar-refractivity contribution in [2.75, 3.05) is 6.54 Å². The molecule has 0 aliphatic carbocycles. The molecule has 130 valence electrons. The predicted molar refractivity (Wildman–Crippen MR) is 101 cm³/mol. The topological polar surface area (TPSA) is 70.6 Å². The van der Waals surface area contributed by atoms with Gasteiger partial charge in [0.25, 0.3) is 11.8 Å². The number of halogens is 4. The van der Waals surface area contributed by atoms with E-state index >= 15 is 0 Å². The summed E-state index contributed by atoms with van der Waals surface area (Å²) in [7, 11) is 0. The molecular weight excluding hydrogens is 408 g/mol. The van der Waals surface area contributed by atoms with Crippen LogP contribution in [0.5, 0.6) is 0 Å². The van der Waals surface area contributed by atoms with Gasteiger partial charge in [0.05, 0.1) is 32.8 Å². The van der Waals surface area contributed by atoms with Gasteiger partial charge in [-0.3, -0.25) is 9.59 Å². The molecule has 0 saturated heterocycles.